The predicted octanol–water partition coefficient (Wildman–Crippen LogP) is 2.66. The number of rotatable bonds is 1. The van der Waals surface area contributed by atoms with Crippen LogP contribution in [0.1, 0.15) is 19.3 Å². The lowest BCUT2D eigenvalue weighted by Crippen LogP contribution is -2.33. The third-order valence-corrected chi connectivity index (χ3v) is 3.51. The van der Waals surface area contributed by atoms with Gasteiger partial charge in [0.1, 0.15) is 11.5 Å². The van der Waals surface area contributed by atoms with Crippen LogP contribution in [0.2, 0.25) is 0 Å². The second-order valence-electron chi connectivity index (χ2n) is 4.74. The summed E-state index contributed by atoms with van der Waals surface area (Å²) in [5.41, 5.74) is 0.755. The van der Waals surface area contributed by atoms with Crippen LogP contribution in [0.25, 0.3) is 10.9 Å². The summed E-state index contributed by atoms with van der Waals surface area (Å²) < 4.78 is 13.6. The van der Waals surface area contributed by atoms with E-state index in [2.05, 4.69) is 9.88 Å². The van der Waals surface area contributed by atoms with Gasteiger partial charge in [-0.25, -0.2) is 4.39 Å². The minimum absolute atomic E-state index is 0.200. The van der Waals surface area contributed by atoms with Gasteiger partial charge in [-0.15, -0.1) is 0 Å². The first-order chi connectivity index (χ1) is 8.75. The predicted molar refractivity (Wildman–Crippen MR) is 70.6 cm³/mol. The number of hydrogen-bond acceptors (Lipinski definition) is 2. The molecular weight excluding hydrogens is 231 g/mol. The number of anilines is 1. The maximum absolute atomic E-state index is 13.6. The van der Waals surface area contributed by atoms with Gasteiger partial charge in [0, 0.05) is 18.5 Å². The molecule has 0 saturated carbocycles. The lowest BCUT2D eigenvalue weighted by Gasteiger charge is -2.28. The smallest absolute Gasteiger partial charge is 0.272 e. The van der Waals surface area contributed by atoms with Gasteiger partial charge in [-0.2, -0.15) is 0 Å². The van der Waals surface area contributed by atoms with Crippen molar-refractivity contribution in [2.24, 2.45) is 0 Å². The minimum atomic E-state index is -0.380. The Hall–Kier alpha value is -1.84. The lowest BCUT2D eigenvalue weighted by molar-refractivity contribution is 0.576. The molecule has 2 aromatic rings. The molecule has 0 bridgehead atoms. The van der Waals surface area contributed by atoms with Crippen molar-refractivity contribution < 1.29 is 4.39 Å². The molecule has 3 rings (SSSR count). The van der Waals surface area contributed by atoms with Crippen molar-refractivity contribution in [1.82, 2.24) is 4.98 Å². The van der Waals surface area contributed by atoms with Gasteiger partial charge >= 0.3 is 0 Å². The fourth-order valence-electron chi connectivity index (χ4n) is 2.55. The number of fused-ring (bicyclic) bond motifs is 1. The third-order valence-electron chi connectivity index (χ3n) is 3.51. The van der Waals surface area contributed by atoms with Crippen LogP contribution >= 0.6 is 0 Å². The molecule has 1 aliphatic heterocycles. The van der Waals surface area contributed by atoms with Gasteiger partial charge in [-0.05, 0) is 31.4 Å². The van der Waals surface area contributed by atoms with Crippen molar-refractivity contribution in [3.63, 3.8) is 0 Å². The number of H-pyrrole nitrogens is 1. The zero-order chi connectivity index (χ0) is 12.5. The number of halogens is 1. The fraction of sp³-hybridized carbons (Fsp3) is 0.357. The molecule has 0 atom stereocenters. The molecule has 1 aromatic carbocycles. The maximum Gasteiger partial charge on any atom is 0.272 e. The van der Waals surface area contributed by atoms with Gasteiger partial charge in [-0.1, -0.05) is 12.1 Å². The number of hydrogen-bond donors (Lipinski definition) is 1. The number of para-hydroxylation sites is 1. The molecule has 3 nitrogen and oxygen atoms in total. The second kappa shape index (κ2) is 4.44. The molecule has 0 aliphatic carbocycles. The Morgan fingerprint density at radius 3 is 2.72 bits per heavy atom. The molecule has 0 unspecified atom stereocenters. The van der Waals surface area contributed by atoms with Crippen molar-refractivity contribution in [1.29, 1.82) is 0 Å². The van der Waals surface area contributed by atoms with Crippen molar-refractivity contribution in [3.8, 4) is 0 Å². The highest BCUT2D eigenvalue weighted by Crippen LogP contribution is 2.21. The number of aromatic nitrogens is 1. The third kappa shape index (κ3) is 1.88. The quantitative estimate of drug-likeness (QED) is 0.839. The van der Waals surface area contributed by atoms with Crippen LogP contribution in [0.4, 0.5) is 10.1 Å². The van der Waals surface area contributed by atoms with E-state index in [1.54, 1.807) is 12.1 Å². The van der Waals surface area contributed by atoms with Crippen LogP contribution in [0.5, 0.6) is 0 Å². The average molecular weight is 246 g/mol. The summed E-state index contributed by atoms with van der Waals surface area (Å²) >= 11 is 0. The molecule has 1 N–H and O–H groups in total. The molecule has 18 heavy (non-hydrogen) atoms. The Bertz CT molecular complexity index is 629. The minimum Gasteiger partial charge on any atom is -0.367 e. The SMILES string of the molecule is O=c1[nH]c2c(F)cccc2cc1N1CCCCC1. The van der Waals surface area contributed by atoms with E-state index in [0.29, 0.717) is 11.2 Å². The van der Waals surface area contributed by atoms with Gasteiger partial charge in [0.2, 0.25) is 0 Å². The molecule has 1 fully saturated rings. The topological polar surface area (TPSA) is 36.1 Å². The van der Waals surface area contributed by atoms with E-state index in [-0.39, 0.29) is 11.4 Å². The Balaban J connectivity index is 2.12. The average Bonchev–Trinajstić information content (AvgIpc) is 2.40. The summed E-state index contributed by atoms with van der Waals surface area (Å²) in [5.74, 6) is -0.380. The zero-order valence-electron chi connectivity index (χ0n) is 10.1. The fourth-order valence-corrected chi connectivity index (χ4v) is 2.55. The molecule has 0 spiro atoms. The number of nitrogens with zero attached hydrogens (tertiary/aromatic N) is 1. The van der Waals surface area contributed by atoms with Crippen LogP contribution in [-0.4, -0.2) is 18.1 Å². The van der Waals surface area contributed by atoms with E-state index >= 15 is 0 Å². The normalized spacial score (nSPS) is 16.2. The zero-order valence-corrected chi connectivity index (χ0v) is 10.1. The van der Waals surface area contributed by atoms with Crippen LogP contribution in [0, 0.1) is 5.82 Å². The molecule has 2 heterocycles. The molecule has 0 amide bonds. The van der Waals surface area contributed by atoms with E-state index in [4.69, 9.17) is 0 Å². The van der Waals surface area contributed by atoms with Crippen LogP contribution in [0.3, 0.4) is 0 Å². The van der Waals surface area contributed by atoms with Gasteiger partial charge in [-0.3, -0.25) is 4.79 Å². The van der Waals surface area contributed by atoms with Gasteiger partial charge in [0.05, 0.1) is 5.52 Å². The van der Waals surface area contributed by atoms with E-state index in [1.165, 1.54) is 12.5 Å². The Labute approximate surface area is 104 Å². The highest BCUT2D eigenvalue weighted by atomic mass is 19.1. The monoisotopic (exact) mass is 246 g/mol. The summed E-state index contributed by atoms with van der Waals surface area (Å²) in [7, 11) is 0. The summed E-state index contributed by atoms with van der Waals surface area (Å²) in [6, 6.07) is 6.64. The van der Waals surface area contributed by atoms with Gasteiger partial charge in [0.25, 0.3) is 5.56 Å². The highest BCUT2D eigenvalue weighted by molar-refractivity contribution is 5.82. The lowest BCUT2D eigenvalue weighted by atomic mass is 10.1. The summed E-state index contributed by atoms with van der Waals surface area (Å²) in [5, 5.41) is 0.746. The Morgan fingerprint density at radius 1 is 1.17 bits per heavy atom. The Kier molecular flexibility index (Phi) is 2.78. The van der Waals surface area contributed by atoms with Gasteiger partial charge in [0.15, 0.2) is 0 Å². The standard InChI is InChI=1S/C14H15FN2O/c15-11-6-4-5-10-9-12(14(18)16-13(10)11)17-7-2-1-3-8-17/h4-6,9H,1-3,7-8H2,(H,16,18). The molecule has 1 aromatic heterocycles. The van der Waals surface area contributed by atoms with Crippen molar-refractivity contribution >= 4 is 16.6 Å². The van der Waals surface area contributed by atoms with E-state index in [0.717, 1.165) is 31.3 Å². The van der Waals surface area contributed by atoms with Crippen LogP contribution < -0.4 is 10.5 Å². The first-order valence-corrected chi connectivity index (χ1v) is 6.32. The highest BCUT2D eigenvalue weighted by Gasteiger charge is 2.15. The summed E-state index contributed by atoms with van der Waals surface area (Å²) in [6.07, 6.45) is 3.44. The number of nitrogens with one attached hydrogen (secondary N) is 1. The maximum atomic E-state index is 13.6. The van der Waals surface area contributed by atoms with Crippen molar-refractivity contribution in [2.75, 3.05) is 18.0 Å². The molecule has 0 radical (unpaired) electrons. The van der Waals surface area contributed by atoms with E-state index in [1.807, 2.05) is 6.07 Å². The van der Waals surface area contributed by atoms with E-state index in [9.17, 15) is 9.18 Å². The number of pyridine rings is 1. The van der Waals surface area contributed by atoms with Crippen LogP contribution in [0.15, 0.2) is 29.1 Å². The molecule has 94 valence electrons. The van der Waals surface area contributed by atoms with E-state index < -0.39 is 0 Å². The molecular formula is C14H15FN2O. The number of benzene rings is 1. The summed E-state index contributed by atoms with van der Waals surface area (Å²) in [6.45, 7) is 1.81. The second-order valence-corrected chi connectivity index (χ2v) is 4.74. The van der Waals surface area contributed by atoms with Gasteiger partial charge < -0.3 is 9.88 Å². The first kappa shape index (κ1) is 11.3. The van der Waals surface area contributed by atoms with Crippen molar-refractivity contribution in [3.05, 3.63) is 40.4 Å². The van der Waals surface area contributed by atoms with Crippen LogP contribution in [-0.2, 0) is 0 Å². The molecule has 4 heteroatoms. The molecule has 1 aliphatic rings. The molecule has 1 saturated heterocycles. The first-order valence-electron chi connectivity index (χ1n) is 6.32. The number of piperidine rings is 1. The largest absolute Gasteiger partial charge is 0.367 e. The van der Waals surface area contributed by atoms with Crippen molar-refractivity contribution in [2.45, 2.75) is 19.3 Å². The summed E-state index contributed by atoms with van der Waals surface area (Å²) in [4.78, 5) is 16.8. The number of aromatic amines is 1. The Morgan fingerprint density at radius 2 is 1.94 bits per heavy atom.